The van der Waals surface area contributed by atoms with E-state index < -0.39 is 0 Å². The van der Waals surface area contributed by atoms with Gasteiger partial charge in [-0.3, -0.25) is 0 Å². The van der Waals surface area contributed by atoms with Crippen molar-refractivity contribution in [2.24, 2.45) is 0 Å². The summed E-state index contributed by atoms with van der Waals surface area (Å²) in [6, 6.07) is 5.57. The maximum Gasteiger partial charge on any atom is 0.247 e. The Morgan fingerprint density at radius 2 is 2.21 bits per heavy atom. The summed E-state index contributed by atoms with van der Waals surface area (Å²) < 4.78 is 6.48. The molecule has 0 saturated heterocycles. The van der Waals surface area contributed by atoms with Crippen molar-refractivity contribution in [3.63, 3.8) is 0 Å². The molecule has 2 aromatic rings. The Morgan fingerprint density at radius 1 is 1.42 bits per heavy atom. The third kappa shape index (κ3) is 3.55. The normalized spacial score (nSPS) is 12.6. The van der Waals surface area contributed by atoms with Crippen molar-refractivity contribution in [3.8, 4) is 11.5 Å². The van der Waals surface area contributed by atoms with Gasteiger partial charge in [-0.1, -0.05) is 18.5 Å². The molecular weight excluding hydrogens is 330 g/mol. The SMILES string of the molecule is CCCNC(C)c1nnc(-c2ccc(Cl)c(Br)c2)o1. The molecular formula is C13H15BrClN3O. The molecule has 1 aromatic carbocycles. The largest absolute Gasteiger partial charge is 0.419 e. The predicted molar refractivity (Wildman–Crippen MR) is 79.2 cm³/mol. The van der Waals surface area contributed by atoms with Crippen LogP contribution in [0.4, 0.5) is 0 Å². The lowest BCUT2D eigenvalue weighted by atomic mass is 10.2. The molecule has 1 unspecified atom stereocenters. The van der Waals surface area contributed by atoms with E-state index in [1.807, 2.05) is 19.1 Å². The predicted octanol–water partition coefficient (Wildman–Crippen LogP) is 4.21. The van der Waals surface area contributed by atoms with E-state index in [0.29, 0.717) is 16.8 Å². The van der Waals surface area contributed by atoms with E-state index in [1.165, 1.54) is 0 Å². The number of hydrogen-bond donors (Lipinski definition) is 1. The highest BCUT2D eigenvalue weighted by Crippen LogP contribution is 2.28. The Bertz CT molecular complexity index is 559. The van der Waals surface area contributed by atoms with Crippen molar-refractivity contribution in [2.45, 2.75) is 26.3 Å². The highest BCUT2D eigenvalue weighted by molar-refractivity contribution is 9.10. The average Bonchev–Trinajstić information content (AvgIpc) is 2.89. The lowest BCUT2D eigenvalue weighted by molar-refractivity contribution is 0.423. The molecule has 0 aliphatic heterocycles. The number of benzene rings is 1. The van der Waals surface area contributed by atoms with Crippen LogP contribution in [0.15, 0.2) is 27.1 Å². The summed E-state index contributed by atoms with van der Waals surface area (Å²) in [7, 11) is 0. The first-order chi connectivity index (χ1) is 9.11. The molecule has 1 N–H and O–H groups in total. The second-order valence-electron chi connectivity index (χ2n) is 4.25. The second kappa shape index (κ2) is 6.50. The number of aromatic nitrogens is 2. The monoisotopic (exact) mass is 343 g/mol. The first-order valence-electron chi connectivity index (χ1n) is 6.14. The van der Waals surface area contributed by atoms with Crippen LogP contribution in [0.2, 0.25) is 5.02 Å². The maximum atomic E-state index is 5.96. The molecule has 0 bridgehead atoms. The van der Waals surface area contributed by atoms with Gasteiger partial charge in [0.25, 0.3) is 0 Å². The quantitative estimate of drug-likeness (QED) is 0.882. The van der Waals surface area contributed by atoms with Gasteiger partial charge in [0.1, 0.15) is 0 Å². The molecule has 2 rings (SSSR count). The summed E-state index contributed by atoms with van der Waals surface area (Å²) in [6.07, 6.45) is 1.06. The van der Waals surface area contributed by atoms with Crippen LogP contribution in [0.3, 0.4) is 0 Å². The van der Waals surface area contributed by atoms with E-state index in [0.717, 1.165) is 23.0 Å². The van der Waals surface area contributed by atoms with Crippen molar-refractivity contribution in [1.29, 1.82) is 0 Å². The van der Waals surface area contributed by atoms with E-state index in [-0.39, 0.29) is 6.04 Å². The number of rotatable bonds is 5. The van der Waals surface area contributed by atoms with Gasteiger partial charge in [-0.05, 0) is 54.0 Å². The second-order valence-corrected chi connectivity index (χ2v) is 5.51. The zero-order chi connectivity index (χ0) is 13.8. The molecule has 6 heteroatoms. The number of halogens is 2. The molecule has 0 spiro atoms. The van der Waals surface area contributed by atoms with E-state index >= 15 is 0 Å². The topological polar surface area (TPSA) is 51.0 Å². The summed E-state index contributed by atoms with van der Waals surface area (Å²) in [4.78, 5) is 0. The summed E-state index contributed by atoms with van der Waals surface area (Å²) >= 11 is 9.34. The lowest BCUT2D eigenvalue weighted by Crippen LogP contribution is -2.19. The highest BCUT2D eigenvalue weighted by atomic mass is 79.9. The fourth-order valence-corrected chi connectivity index (χ4v) is 2.10. The van der Waals surface area contributed by atoms with Crippen molar-refractivity contribution in [3.05, 3.63) is 33.6 Å². The number of hydrogen-bond acceptors (Lipinski definition) is 4. The molecule has 4 nitrogen and oxygen atoms in total. The van der Waals surface area contributed by atoms with E-state index in [2.05, 4.69) is 38.4 Å². The van der Waals surface area contributed by atoms with Crippen molar-refractivity contribution < 1.29 is 4.42 Å². The van der Waals surface area contributed by atoms with Crippen LogP contribution in [0, 0.1) is 0 Å². The van der Waals surface area contributed by atoms with Gasteiger partial charge < -0.3 is 9.73 Å². The van der Waals surface area contributed by atoms with Gasteiger partial charge in [-0.2, -0.15) is 0 Å². The molecule has 1 aromatic heterocycles. The Morgan fingerprint density at radius 3 is 2.89 bits per heavy atom. The van der Waals surface area contributed by atoms with Crippen molar-refractivity contribution in [1.82, 2.24) is 15.5 Å². The first kappa shape index (κ1) is 14.5. The van der Waals surface area contributed by atoms with Crippen LogP contribution in [-0.2, 0) is 0 Å². The van der Waals surface area contributed by atoms with Gasteiger partial charge in [-0.15, -0.1) is 10.2 Å². The van der Waals surface area contributed by atoms with Gasteiger partial charge in [0.05, 0.1) is 11.1 Å². The van der Waals surface area contributed by atoms with E-state index in [9.17, 15) is 0 Å². The van der Waals surface area contributed by atoms with Gasteiger partial charge in [0.15, 0.2) is 0 Å². The summed E-state index contributed by atoms with van der Waals surface area (Å²) in [5.74, 6) is 1.09. The molecule has 0 amide bonds. The fourth-order valence-electron chi connectivity index (χ4n) is 1.60. The highest BCUT2D eigenvalue weighted by Gasteiger charge is 2.14. The molecule has 19 heavy (non-hydrogen) atoms. The van der Waals surface area contributed by atoms with Crippen LogP contribution in [0.25, 0.3) is 11.5 Å². The Kier molecular flexibility index (Phi) is 4.96. The minimum atomic E-state index is 0.0527. The zero-order valence-corrected chi connectivity index (χ0v) is 13.1. The third-order valence-electron chi connectivity index (χ3n) is 2.68. The Balaban J connectivity index is 2.18. The molecule has 1 atom stereocenters. The molecule has 0 saturated carbocycles. The molecule has 0 aliphatic rings. The molecule has 0 aliphatic carbocycles. The smallest absolute Gasteiger partial charge is 0.247 e. The van der Waals surface area contributed by atoms with E-state index in [4.69, 9.17) is 16.0 Å². The summed E-state index contributed by atoms with van der Waals surface area (Å²) in [5.41, 5.74) is 0.845. The third-order valence-corrected chi connectivity index (χ3v) is 3.89. The number of nitrogens with one attached hydrogen (secondary N) is 1. The van der Waals surface area contributed by atoms with Gasteiger partial charge >= 0.3 is 0 Å². The van der Waals surface area contributed by atoms with Crippen LogP contribution >= 0.6 is 27.5 Å². The van der Waals surface area contributed by atoms with Gasteiger partial charge in [0, 0.05) is 10.0 Å². The average molecular weight is 345 g/mol. The van der Waals surface area contributed by atoms with E-state index in [1.54, 1.807) is 6.07 Å². The molecule has 0 radical (unpaired) electrons. The maximum absolute atomic E-state index is 5.96. The van der Waals surface area contributed by atoms with Crippen molar-refractivity contribution >= 4 is 27.5 Å². The van der Waals surface area contributed by atoms with Gasteiger partial charge in [0.2, 0.25) is 11.8 Å². The summed E-state index contributed by atoms with van der Waals surface area (Å²) in [5, 5.41) is 12.1. The first-order valence-corrected chi connectivity index (χ1v) is 7.31. The minimum absolute atomic E-state index is 0.0527. The summed E-state index contributed by atoms with van der Waals surface area (Å²) in [6.45, 7) is 5.04. The molecule has 0 fully saturated rings. The zero-order valence-electron chi connectivity index (χ0n) is 10.8. The molecule has 1 heterocycles. The molecule has 102 valence electrons. The van der Waals surface area contributed by atoms with Crippen LogP contribution in [0.1, 0.15) is 32.2 Å². The van der Waals surface area contributed by atoms with Crippen LogP contribution < -0.4 is 5.32 Å². The Labute approximate surface area is 125 Å². The van der Waals surface area contributed by atoms with Crippen LogP contribution in [0.5, 0.6) is 0 Å². The fraction of sp³-hybridized carbons (Fsp3) is 0.385. The standard InChI is InChI=1S/C13H15BrClN3O/c1-3-6-16-8(2)12-17-18-13(19-12)9-4-5-11(15)10(14)7-9/h4-5,7-8,16H,3,6H2,1-2H3. The number of nitrogens with zero attached hydrogens (tertiary/aromatic N) is 2. The van der Waals surface area contributed by atoms with Crippen molar-refractivity contribution in [2.75, 3.05) is 6.54 Å². The lowest BCUT2D eigenvalue weighted by Gasteiger charge is -2.07. The van der Waals surface area contributed by atoms with Crippen LogP contribution in [-0.4, -0.2) is 16.7 Å². The minimum Gasteiger partial charge on any atom is -0.419 e. The Hall–Kier alpha value is -0.910. The van der Waals surface area contributed by atoms with Gasteiger partial charge in [-0.25, -0.2) is 0 Å².